The quantitative estimate of drug-likeness (QED) is 0.0930. The van der Waals surface area contributed by atoms with Gasteiger partial charge in [-0.2, -0.15) is 0 Å². The molecule has 0 N–H and O–H groups in total. The molecule has 1 unspecified atom stereocenters. The number of thiazole rings is 1. The summed E-state index contributed by atoms with van der Waals surface area (Å²) in [5, 5.41) is 1.88. The first-order valence-electron chi connectivity index (χ1n) is 24.0. The van der Waals surface area contributed by atoms with Crippen LogP contribution in [0.5, 0.6) is 11.5 Å². The number of carbonyl (C=O) groups excluding carboxylic acids is 6. The number of hydrogen-bond donors (Lipinski definition) is 0. The molecule has 0 bridgehead atoms. The van der Waals surface area contributed by atoms with Crippen molar-refractivity contribution < 1.29 is 47.7 Å². The molecule has 4 aliphatic carbocycles. The second kappa shape index (κ2) is 20.6. The van der Waals surface area contributed by atoms with E-state index in [0.717, 1.165) is 66.6 Å². The van der Waals surface area contributed by atoms with Gasteiger partial charge in [-0.05, 0) is 178 Å². The van der Waals surface area contributed by atoms with Crippen molar-refractivity contribution in [3.05, 3.63) is 41.5 Å². The van der Waals surface area contributed by atoms with Crippen LogP contribution >= 0.6 is 22.7 Å². The van der Waals surface area contributed by atoms with Crippen LogP contribution in [-0.2, 0) is 38.2 Å². The van der Waals surface area contributed by atoms with Crippen molar-refractivity contribution in [3.8, 4) is 21.4 Å². The van der Waals surface area contributed by atoms with Crippen molar-refractivity contribution in [1.82, 2.24) is 4.98 Å². The SMILES string of the molecule is CC(=O)C1CCC(C(=O)OCC2CCC(C(=O)Oc3ccc(OC(=O)C4CCC(C(C)OC(=O)C5CCC(C(C)=O)CC5)CC4)c4nc(-c5cc6cc(C)cc(C)c6s5)sc34)CC2)CC1. The molecule has 8 rings (SSSR count). The highest BCUT2D eigenvalue weighted by atomic mass is 32.1. The van der Waals surface area contributed by atoms with E-state index in [9.17, 15) is 28.8 Å². The number of benzene rings is 2. The number of fused-ring (bicyclic) bond motifs is 2. The van der Waals surface area contributed by atoms with Crippen LogP contribution in [0.1, 0.15) is 135 Å². The summed E-state index contributed by atoms with van der Waals surface area (Å²) in [7, 11) is 0. The number of Topliss-reactive ketones (excluding diaryl/α,β-unsaturated/α-hetero) is 2. The minimum absolute atomic E-state index is 0.0524. The van der Waals surface area contributed by atoms with Crippen LogP contribution < -0.4 is 9.47 Å². The first-order valence-corrected chi connectivity index (χ1v) is 25.6. The third-order valence-electron chi connectivity index (χ3n) is 15.0. The first-order chi connectivity index (χ1) is 31.2. The molecule has 2 aromatic heterocycles. The number of esters is 4. The monoisotopic (exact) mass is 925 g/mol. The fourth-order valence-corrected chi connectivity index (χ4v) is 13.0. The molecular formula is C52H63NO10S2. The maximum absolute atomic E-state index is 13.8. The minimum atomic E-state index is -0.327. The molecule has 4 aliphatic rings. The fraction of sp³-hybridized carbons (Fsp3) is 0.596. The largest absolute Gasteiger partial charge is 0.465 e. The van der Waals surface area contributed by atoms with Crippen molar-refractivity contribution in [1.29, 1.82) is 0 Å². The molecule has 0 spiro atoms. The summed E-state index contributed by atoms with van der Waals surface area (Å²) < 4.78 is 25.9. The highest BCUT2D eigenvalue weighted by Gasteiger charge is 2.36. The van der Waals surface area contributed by atoms with Gasteiger partial charge in [-0.25, -0.2) is 4.98 Å². The van der Waals surface area contributed by atoms with Gasteiger partial charge in [-0.1, -0.05) is 17.7 Å². The number of thiophene rings is 1. The molecule has 4 saturated carbocycles. The number of aryl methyl sites for hydroxylation is 2. The van der Waals surface area contributed by atoms with Gasteiger partial charge in [0.2, 0.25) is 0 Å². The van der Waals surface area contributed by atoms with Gasteiger partial charge in [0.05, 0.1) is 35.2 Å². The maximum atomic E-state index is 13.8. The van der Waals surface area contributed by atoms with Crippen LogP contribution in [0.15, 0.2) is 30.3 Å². The molecule has 0 saturated heterocycles. The third kappa shape index (κ3) is 11.0. The van der Waals surface area contributed by atoms with Gasteiger partial charge < -0.3 is 18.9 Å². The molecule has 4 fully saturated rings. The number of carbonyl (C=O) groups is 6. The number of aromatic nitrogens is 1. The number of ether oxygens (including phenoxy) is 4. The first kappa shape index (κ1) is 47.0. The van der Waals surface area contributed by atoms with Crippen molar-refractivity contribution in [2.75, 3.05) is 6.61 Å². The lowest BCUT2D eigenvalue weighted by Crippen LogP contribution is -2.34. The van der Waals surface area contributed by atoms with Crippen molar-refractivity contribution in [2.24, 2.45) is 47.3 Å². The molecule has 2 aromatic carbocycles. The molecule has 0 radical (unpaired) electrons. The lowest BCUT2D eigenvalue weighted by Gasteiger charge is -2.32. The minimum Gasteiger partial charge on any atom is -0.465 e. The lowest BCUT2D eigenvalue weighted by atomic mass is 9.79. The zero-order valence-corrected chi connectivity index (χ0v) is 40.1. The highest BCUT2D eigenvalue weighted by molar-refractivity contribution is 7.28. The fourth-order valence-electron chi connectivity index (χ4n) is 10.8. The zero-order chi connectivity index (χ0) is 45.9. The van der Waals surface area contributed by atoms with Crippen LogP contribution in [0.3, 0.4) is 0 Å². The maximum Gasteiger partial charge on any atom is 0.314 e. The van der Waals surface area contributed by atoms with Gasteiger partial charge in [-0.3, -0.25) is 28.8 Å². The van der Waals surface area contributed by atoms with E-state index in [-0.39, 0.29) is 88.9 Å². The molecule has 13 heteroatoms. The van der Waals surface area contributed by atoms with Gasteiger partial charge >= 0.3 is 23.9 Å². The van der Waals surface area contributed by atoms with Crippen LogP contribution in [0.25, 0.3) is 30.2 Å². The molecule has 1 atom stereocenters. The summed E-state index contributed by atoms with van der Waals surface area (Å²) in [6.07, 6.45) is 10.9. The predicted octanol–water partition coefficient (Wildman–Crippen LogP) is 11.5. The van der Waals surface area contributed by atoms with Crippen LogP contribution in [0.2, 0.25) is 0 Å². The van der Waals surface area contributed by atoms with Gasteiger partial charge in [0.25, 0.3) is 0 Å². The Morgan fingerprint density at radius 1 is 0.600 bits per heavy atom. The van der Waals surface area contributed by atoms with Gasteiger partial charge in [-0.15, -0.1) is 22.7 Å². The van der Waals surface area contributed by atoms with E-state index in [4.69, 9.17) is 23.9 Å². The third-order valence-corrected chi connectivity index (χ3v) is 17.6. The number of nitrogens with zero attached hydrogens (tertiary/aromatic N) is 1. The number of hydrogen-bond acceptors (Lipinski definition) is 13. The van der Waals surface area contributed by atoms with E-state index in [2.05, 4.69) is 32.0 Å². The Kier molecular flexibility index (Phi) is 14.9. The summed E-state index contributed by atoms with van der Waals surface area (Å²) in [6.45, 7) is 9.74. The second-order valence-electron chi connectivity index (χ2n) is 19.6. The summed E-state index contributed by atoms with van der Waals surface area (Å²) in [5.41, 5.74) is 2.85. The lowest BCUT2D eigenvalue weighted by molar-refractivity contribution is -0.159. The predicted molar refractivity (Wildman–Crippen MR) is 251 cm³/mol. The average molecular weight is 926 g/mol. The summed E-state index contributed by atoms with van der Waals surface area (Å²) in [6, 6.07) is 9.86. The summed E-state index contributed by atoms with van der Waals surface area (Å²) >= 11 is 3.08. The number of ketones is 2. The van der Waals surface area contributed by atoms with E-state index in [1.165, 1.54) is 27.2 Å². The van der Waals surface area contributed by atoms with E-state index >= 15 is 0 Å². The molecule has 65 heavy (non-hydrogen) atoms. The molecular weight excluding hydrogens is 863 g/mol. The Morgan fingerprint density at radius 3 is 1.71 bits per heavy atom. The van der Waals surface area contributed by atoms with Gasteiger partial charge in [0, 0.05) is 16.5 Å². The van der Waals surface area contributed by atoms with Crippen molar-refractivity contribution in [3.63, 3.8) is 0 Å². The molecule has 2 heterocycles. The smallest absolute Gasteiger partial charge is 0.314 e. The topological polar surface area (TPSA) is 152 Å². The van der Waals surface area contributed by atoms with Gasteiger partial charge in [0.15, 0.2) is 11.5 Å². The van der Waals surface area contributed by atoms with Crippen molar-refractivity contribution in [2.45, 2.75) is 143 Å². The van der Waals surface area contributed by atoms with E-state index in [0.29, 0.717) is 79.7 Å². The van der Waals surface area contributed by atoms with E-state index in [1.54, 1.807) is 37.3 Å². The normalized spacial score (nSPS) is 26.5. The highest BCUT2D eigenvalue weighted by Crippen LogP contribution is 2.45. The standard InChI is InChI=1S/C52H63NO10S2/c1-28-24-29(2)46-41(25-28)26-44(64-46)48-53-45-42(62-51(58)40-20-14-36(15-21-40)32(5)61-50(57)39-18-12-35(13-19-39)31(4)55)22-23-43(47(45)65-48)63-52(59)38-8-6-33(7-9-38)27-60-49(56)37-16-10-34(11-17-37)30(3)54/h22-26,32-40H,6-21,27H2,1-5H3. The van der Waals surface area contributed by atoms with Gasteiger partial charge in [0.1, 0.15) is 32.9 Å². The Bertz CT molecular complexity index is 2420. The Morgan fingerprint density at radius 2 is 1.11 bits per heavy atom. The molecule has 0 amide bonds. The van der Waals surface area contributed by atoms with E-state index < -0.39 is 0 Å². The molecule has 4 aromatic rings. The summed E-state index contributed by atoms with van der Waals surface area (Å²) in [4.78, 5) is 83.0. The Labute approximate surface area is 389 Å². The zero-order valence-electron chi connectivity index (χ0n) is 38.4. The molecule has 0 aliphatic heterocycles. The second-order valence-corrected chi connectivity index (χ2v) is 21.7. The average Bonchev–Trinajstić information content (AvgIpc) is 3.95. The summed E-state index contributed by atoms with van der Waals surface area (Å²) in [5.74, 6) is -0.364. The molecule has 11 nitrogen and oxygen atoms in total. The van der Waals surface area contributed by atoms with Crippen LogP contribution in [0, 0.1) is 61.2 Å². The van der Waals surface area contributed by atoms with Crippen LogP contribution in [0.4, 0.5) is 0 Å². The van der Waals surface area contributed by atoms with E-state index in [1.807, 2.05) is 6.92 Å². The van der Waals surface area contributed by atoms with Crippen LogP contribution in [-0.4, -0.2) is 53.1 Å². The van der Waals surface area contributed by atoms with Crippen molar-refractivity contribution >= 4 is 78.4 Å². The Hall–Kier alpha value is -4.49. The number of rotatable bonds is 13. The molecule has 348 valence electrons. The Balaban J connectivity index is 0.900.